The van der Waals surface area contributed by atoms with Crippen molar-refractivity contribution < 1.29 is 5.11 Å². The summed E-state index contributed by atoms with van der Waals surface area (Å²) in [4.78, 5) is 1.03. The minimum atomic E-state index is -0.538. The first-order chi connectivity index (χ1) is 6.44. The maximum Gasteiger partial charge on any atom is 0.102 e. The van der Waals surface area contributed by atoms with Crippen molar-refractivity contribution in [2.24, 2.45) is 16.7 Å². The van der Waals surface area contributed by atoms with Gasteiger partial charge in [0.05, 0.1) is 0 Å². The van der Waals surface area contributed by atoms with Crippen LogP contribution >= 0.6 is 11.8 Å². The van der Waals surface area contributed by atoms with Crippen LogP contribution in [0.1, 0.15) is 33.1 Å². The maximum atomic E-state index is 10.8. The van der Waals surface area contributed by atoms with Gasteiger partial charge in [0.25, 0.3) is 0 Å². The Morgan fingerprint density at radius 3 is 2.79 bits per heavy atom. The van der Waals surface area contributed by atoms with Gasteiger partial charge in [-0.25, -0.2) is 0 Å². The van der Waals surface area contributed by atoms with Crippen molar-refractivity contribution in [2.75, 3.05) is 5.75 Å². The fourth-order valence-electron chi connectivity index (χ4n) is 4.23. The van der Waals surface area contributed by atoms with Crippen molar-refractivity contribution in [3.05, 3.63) is 11.5 Å². The summed E-state index contributed by atoms with van der Waals surface area (Å²) in [5.41, 5.74) is -0.0787. The third-order valence-electron chi connectivity index (χ3n) is 5.46. The summed E-state index contributed by atoms with van der Waals surface area (Å²) in [6.45, 7) is 8.76. The fourth-order valence-corrected chi connectivity index (χ4v) is 5.92. The summed E-state index contributed by atoms with van der Waals surface area (Å²) < 4.78 is 0. The van der Waals surface area contributed by atoms with E-state index in [4.69, 9.17) is 0 Å². The third-order valence-corrected chi connectivity index (χ3v) is 6.78. The molecular formula is C12H18OS. The Morgan fingerprint density at radius 1 is 1.50 bits per heavy atom. The quantitative estimate of drug-likeness (QED) is 0.663. The van der Waals surface area contributed by atoms with E-state index in [2.05, 4.69) is 20.4 Å². The lowest BCUT2D eigenvalue weighted by atomic mass is 9.64. The van der Waals surface area contributed by atoms with Gasteiger partial charge in [0.15, 0.2) is 0 Å². The van der Waals surface area contributed by atoms with Crippen LogP contribution in [-0.2, 0) is 0 Å². The Kier molecular flexibility index (Phi) is 1.49. The molecule has 0 aromatic heterocycles. The molecule has 3 unspecified atom stereocenters. The predicted molar refractivity (Wildman–Crippen MR) is 60.1 cm³/mol. The van der Waals surface area contributed by atoms with Gasteiger partial charge in [-0.05, 0) is 30.6 Å². The van der Waals surface area contributed by atoms with Gasteiger partial charge in [-0.3, -0.25) is 0 Å². The summed E-state index contributed by atoms with van der Waals surface area (Å²) in [5, 5.41) is 10.8. The second-order valence-corrected chi connectivity index (χ2v) is 6.89. The zero-order valence-electron chi connectivity index (χ0n) is 8.97. The first-order valence-electron chi connectivity index (χ1n) is 5.49. The minimum absolute atomic E-state index is 0.145. The second kappa shape index (κ2) is 2.25. The highest BCUT2D eigenvalue weighted by atomic mass is 32.2. The monoisotopic (exact) mass is 210 g/mol. The molecule has 3 atom stereocenters. The van der Waals surface area contributed by atoms with Crippen molar-refractivity contribution in [2.45, 2.75) is 38.7 Å². The summed E-state index contributed by atoms with van der Waals surface area (Å²) in [7, 11) is 0. The molecule has 2 aliphatic carbocycles. The lowest BCUT2D eigenvalue weighted by Crippen LogP contribution is -2.47. The normalized spacial score (nSPS) is 53.9. The number of hydrogen-bond donors (Lipinski definition) is 1. The highest BCUT2D eigenvalue weighted by molar-refractivity contribution is 8.03. The molecule has 1 spiro atoms. The fraction of sp³-hybridized carbons (Fsp3) is 0.833. The highest BCUT2D eigenvalue weighted by Gasteiger charge is 2.73. The molecule has 0 aromatic rings. The summed E-state index contributed by atoms with van der Waals surface area (Å²) in [6.07, 6.45) is 3.47. The van der Waals surface area contributed by atoms with Crippen molar-refractivity contribution in [1.82, 2.24) is 0 Å². The van der Waals surface area contributed by atoms with Gasteiger partial charge in [0.2, 0.25) is 0 Å². The van der Waals surface area contributed by atoms with Crippen molar-refractivity contribution >= 4 is 11.8 Å². The molecule has 78 valence electrons. The van der Waals surface area contributed by atoms with E-state index >= 15 is 0 Å². The first kappa shape index (κ1) is 9.29. The molecular weight excluding hydrogens is 192 g/mol. The Hall–Kier alpha value is 0.0500. The molecule has 0 radical (unpaired) electrons. The lowest BCUT2D eigenvalue weighted by molar-refractivity contribution is -0.0433. The molecule has 0 amide bonds. The molecule has 1 N–H and O–H groups in total. The van der Waals surface area contributed by atoms with Gasteiger partial charge in [-0.2, -0.15) is 0 Å². The largest absolute Gasteiger partial charge is 0.384 e. The first-order valence-corrected chi connectivity index (χ1v) is 6.47. The zero-order chi connectivity index (χ0) is 10.2. The standard InChI is InChI=1S/C12H18OS/c1-8-12(13)6-9-4-5-11(12,7-14-8)10(9,2)3/h9,13H,1,4-7H2,2-3H3. The smallest absolute Gasteiger partial charge is 0.102 e. The Balaban J connectivity index is 2.19. The molecule has 3 fully saturated rings. The zero-order valence-corrected chi connectivity index (χ0v) is 9.78. The van der Waals surface area contributed by atoms with Crippen molar-refractivity contribution in [3.8, 4) is 0 Å². The van der Waals surface area contributed by atoms with E-state index in [0.717, 1.165) is 17.1 Å². The Labute approximate surface area is 90.0 Å². The molecule has 1 saturated heterocycles. The molecule has 2 bridgehead atoms. The number of rotatable bonds is 0. The number of hydrogen-bond acceptors (Lipinski definition) is 2. The lowest BCUT2D eigenvalue weighted by Gasteiger charge is -2.42. The van der Waals surface area contributed by atoms with Crippen molar-refractivity contribution in [1.29, 1.82) is 0 Å². The van der Waals surface area contributed by atoms with Crippen LogP contribution in [0.5, 0.6) is 0 Å². The molecule has 1 nitrogen and oxygen atoms in total. The van der Waals surface area contributed by atoms with Crippen LogP contribution in [0.15, 0.2) is 11.5 Å². The molecule has 3 rings (SSSR count). The van der Waals surface area contributed by atoms with E-state index in [9.17, 15) is 5.11 Å². The van der Waals surface area contributed by atoms with E-state index in [1.165, 1.54) is 12.8 Å². The molecule has 0 aromatic carbocycles. The number of fused-ring (bicyclic) bond motifs is 1. The summed E-state index contributed by atoms with van der Waals surface area (Å²) >= 11 is 1.80. The second-order valence-electron chi connectivity index (χ2n) is 5.82. The Morgan fingerprint density at radius 2 is 2.21 bits per heavy atom. The van der Waals surface area contributed by atoms with Gasteiger partial charge in [-0.1, -0.05) is 20.4 Å². The molecule has 3 aliphatic rings. The topological polar surface area (TPSA) is 20.2 Å². The molecule has 1 heterocycles. The average molecular weight is 210 g/mol. The van der Waals surface area contributed by atoms with Crippen LogP contribution in [0.2, 0.25) is 0 Å². The van der Waals surface area contributed by atoms with Gasteiger partial charge < -0.3 is 5.11 Å². The molecule has 14 heavy (non-hydrogen) atoms. The average Bonchev–Trinajstić information content (AvgIpc) is 2.58. The number of aliphatic hydroxyl groups is 1. The molecule has 1 aliphatic heterocycles. The maximum absolute atomic E-state index is 10.8. The van der Waals surface area contributed by atoms with Crippen LogP contribution in [0.3, 0.4) is 0 Å². The van der Waals surface area contributed by atoms with Gasteiger partial charge in [-0.15, -0.1) is 11.8 Å². The third kappa shape index (κ3) is 0.665. The van der Waals surface area contributed by atoms with E-state index < -0.39 is 5.60 Å². The van der Waals surface area contributed by atoms with Crippen molar-refractivity contribution in [3.63, 3.8) is 0 Å². The SMILES string of the molecule is C=C1SCC23CCC(CC12O)C3(C)C. The van der Waals surface area contributed by atoms with E-state index in [0.29, 0.717) is 11.3 Å². The van der Waals surface area contributed by atoms with E-state index in [-0.39, 0.29) is 5.41 Å². The minimum Gasteiger partial charge on any atom is -0.384 e. The summed E-state index contributed by atoms with van der Waals surface area (Å²) in [5.74, 6) is 1.80. The molecule has 2 heteroatoms. The van der Waals surface area contributed by atoms with Crippen LogP contribution < -0.4 is 0 Å². The highest BCUT2D eigenvalue weighted by Crippen LogP contribution is 2.76. The van der Waals surface area contributed by atoms with Crippen LogP contribution in [0, 0.1) is 16.7 Å². The van der Waals surface area contributed by atoms with Gasteiger partial charge >= 0.3 is 0 Å². The van der Waals surface area contributed by atoms with Crippen LogP contribution in [0.25, 0.3) is 0 Å². The van der Waals surface area contributed by atoms with Crippen LogP contribution in [-0.4, -0.2) is 16.5 Å². The van der Waals surface area contributed by atoms with E-state index in [1.54, 1.807) is 11.8 Å². The molecule has 2 saturated carbocycles. The Bertz CT molecular complexity index is 322. The van der Waals surface area contributed by atoms with Gasteiger partial charge in [0.1, 0.15) is 5.60 Å². The predicted octanol–water partition coefficient (Wildman–Crippen LogP) is 2.80. The van der Waals surface area contributed by atoms with Crippen LogP contribution in [0.4, 0.5) is 0 Å². The van der Waals surface area contributed by atoms with E-state index in [1.807, 2.05) is 0 Å². The number of thioether (sulfide) groups is 1. The van der Waals surface area contributed by atoms with Gasteiger partial charge in [0, 0.05) is 16.1 Å². The summed E-state index contributed by atoms with van der Waals surface area (Å²) in [6, 6.07) is 0.